The van der Waals surface area contributed by atoms with Crippen LogP contribution < -0.4 is 0 Å². The Labute approximate surface area is 109 Å². The quantitative estimate of drug-likeness (QED) is 0.554. The number of hydrogen-bond donors (Lipinski definition) is 2. The second kappa shape index (κ2) is 8.95. The largest absolute Gasteiger partial charge is 0.481 e. The number of carboxylic acids is 2. The number of hydrogen-bond acceptors (Lipinski definition) is 2. The minimum atomic E-state index is -0.737. The fourth-order valence-corrected chi connectivity index (χ4v) is 2.47. The number of aliphatic carboxylic acids is 2. The van der Waals surface area contributed by atoms with Gasteiger partial charge in [-0.25, -0.2) is 0 Å². The van der Waals surface area contributed by atoms with Gasteiger partial charge in [0.1, 0.15) is 0 Å². The summed E-state index contributed by atoms with van der Waals surface area (Å²) in [7, 11) is 0. The van der Waals surface area contributed by atoms with Gasteiger partial charge in [0.05, 0.1) is 0 Å². The Bertz CT molecular complexity index is 257. The molecule has 0 aliphatic carbocycles. The highest BCUT2D eigenvalue weighted by Crippen LogP contribution is 2.38. The molecule has 0 saturated heterocycles. The lowest BCUT2D eigenvalue weighted by Gasteiger charge is -2.32. The van der Waals surface area contributed by atoms with Crippen LogP contribution in [0.4, 0.5) is 0 Å². The maximum Gasteiger partial charge on any atom is 0.303 e. The van der Waals surface area contributed by atoms with Crippen molar-refractivity contribution in [2.45, 2.75) is 71.6 Å². The van der Waals surface area contributed by atoms with E-state index in [0.717, 1.165) is 44.9 Å². The third kappa shape index (κ3) is 7.30. The highest BCUT2D eigenvalue weighted by molar-refractivity contribution is 5.66. The van der Waals surface area contributed by atoms with Gasteiger partial charge in [0.15, 0.2) is 0 Å². The summed E-state index contributed by atoms with van der Waals surface area (Å²) < 4.78 is 0. The van der Waals surface area contributed by atoms with Gasteiger partial charge >= 0.3 is 11.9 Å². The van der Waals surface area contributed by atoms with Crippen LogP contribution >= 0.6 is 0 Å². The van der Waals surface area contributed by atoms with E-state index in [2.05, 4.69) is 13.8 Å². The van der Waals surface area contributed by atoms with Gasteiger partial charge in [0.25, 0.3) is 0 Å². The van der Waals surface area contributed by atoms with Crippen molar-refractivity contribution in [3.8, 4) is 0 Å². The Morgan fingerprint density at radius 1 is 0.833 bits per heavy atom. The molecule has 0 rings (SSSR count). The predicted molar refractivity (Wildman–Crippen MR) is 70.6 cm³/mol. The average Bonchev–Trinajstić information content (AvgIpc) is 2.32. The van der Waals surface area contributed by atoms with Gasteiger partial charge in [-0.2, -0.15) is 0 Å². The lowest BCUT2D eigenvalue weighted by atomic mass is 9.74. The Kier molecular flexibility index (Phi) is 8.42. The Morgan fingerprint density at radius 2 is 1.28 bits per heavy atom. The van der Waals surface area contributed by atoms with Crippen molar-refractivity contribution in [1.82, 2.24) is 0 Å². The molecule has 0 spiro atoms. The van der Waals surface area contributed by atoms with Crippen LogP contribution in [0.3, 0.4) is 0 Å². The third-order valence-electron chi connectivity index (χ3n) is 3.95. The Hall–Kier alpha value is -1.06. The second-order valence-electron chi connectivity index (χ2n) is 5.06. The smallest absolute Gasteiger partial charge is 0.303 e. The molecule has 0 radical (unpaired) electrons. The summed E-state index contributed by atoms with van der Waals surface area (Å²) in [5.74, 6) is -1.47. The van der Waals surface area contributed by atoms with Crippen molar-refractivity contribution in [3.63, 3.8) is 0 Å². The van der Waals surface area contributed by atoms with Crippen LogP contribution in [0.15, 0.2) is 0 Å². The van der Waals surface area contributed by atoms with E-state index in [0.29, 0.717) is 0 Å². The highest BCUT2D eigenvalue weighted by atomic mass is 16.4. The van der Waals surface area contributed by atoms with E-state index < -0.39 is 11.9 Å². The van der Waals surface area contributed by atoms with Crippen molar-refractivity contribution >= 4 is 11.9 Å². The minimum Gasteiger partial charge on any atom is -0.481 e. The maximum absolute atomic E-state index is 10.5. The van der Waals surface area contributed by atoms with Gasteiger partial charge in [-0.3, -0.25) is 9.59 Å². The zero-order chi connectivity index (χ0) is 14.0. The van der Waals surface area contributed by atoms with Crippen molar-refractivity contribution in [3.05, 3.63) is 0 Å². The minimum absolute atomic E-state index is 0.202. The standard InChI is InChI=1S/C14H26O4/c1-3-14(4-2,11-7-9-13(17)18)10-6-5-8-12(15)16/h3-11H2,1-2H3,(H,15,16)(H,17,18). The van der Waals surface area contributed by atoms with Crippen LogP contribution in [0.1, 0.15) is 71.6 Å². The van der Waals surface area contributed by atoms with Crippen molar-refractivity contribution in [1.29, 1.82) is 0 Å². The molecule has 0 atom stereocenters. The van der Waals surface area contributed by atoms with E-state index in [9.17, 15) is 9.59 Å². The Balaban J connectivity index is 4.07. The highest BCUT2D eigenvalue weighted by Gasteiger charge is 2.25. The third-order valence-corrected chi connectivity index (χ3v) is 3.95. The topological polar surface area (TPSA) is 74.6 Å². The molecule has 0 aliphatic rings. The van der Waals surface area contributed by atoms with Gasteiger partial charge in [-0.05, 0) is 31.1 Å². The summed E-state index contributed by atoms with van der Waals surface area (Å²) in [6.07, 6.45) is 6.83. The van der Waals surface area contributed by atoms with Crippen LogP contribution in [-0.4, -0.2) is 22.2 Å². The zero-order valence-corrected chi connectivity index (χ0v) is 11.6. The van der Waals surface area contributed by atoms with Crippen LogP contribution in [0.25, 0.3) is 0 Å². The molecule has 0 bridgehead atoms. The van der Waals surface area contributed by atoms with E-state index in [1.807, 2.05) is 0 Å². The van der Waals surface area contributed by atoms with Crippen LogP contribution in [0, 0.1) is 5.41 Å². The van der Waals surface area contributed by atoms with E-state index >= 15 is 0 Å². The van der Waals surface area contributed by atoms with Crippen molar-refractivity contribution < 1.29 is 19.8 Å². The first-order chi connectivity index (χ1) is 8.45. The molecule has 18 heavy (non-hydrogen) atoms. The SMILES string of the molecule is CCC(CC)(CCCCC(=O)O)CCCC(=O)O. The van der Waals surface area contributed by atoms with Crippen molar-refractivity contribution in [2.75, 3.05) is 0 Å². The number of rotatable bonds is 11. The summed E-state index contributed by atoms with van der Waals surface area (Å²) in [4.78, 5) is 21.0. The molecule has 0 aromatic rings. The summed E-state index contributed by atoms with van der Waals surface area (Å²) in [5, 5.41) is 17.3. The monoisotopic (exact) mass is 258 g/mol. The summed E-state index contributed by atoms with van der Waals surface area (Å²) in [6.45, 7) is 4.28. The second-order valence-corrected chi connectivity index (χ2v) is 5.06. The van der Waals surface area contributed by atoms with Gasteiger partial charge in [-0.1, -0.05) is 33.1 Å². The molecule has 4 nitrogen and oxygen atoms in total. The Morgan fingerprint density at radius 3 is 1.72 bits per heavy atom. The molecule has 0 heterocycles. The zero-order valence-electron chi connectivity index (χ0n) is 11.6. The molecular formula is C14H26O4. The molecule has 2 N–H and O–H groups in total. The first kappa shape index (κ1) is 16.9. The molecular weight excluding hydrogens is 232 g/mol. The number of carboxylic acid groups (broad SMARTS) is 2. The number of carbonyl (C=O) groups is 2. The normalized spacial score (nSPS) is 11.4. The van der Waals surface area contributed by atoms with Gasteiger partial charge in [-0.15, -0.1) is 0 Å². The van der Waals surface area contributed by atoms with Crippen LogP contribution in [0.2, 0.25) is 0 Å². The van der Waals surface area contributed by atoms with Crippen LogP contribution in [-0.2, 0) is 9.59 Å². The fourth-order valence-electron chi connectivity index (χ4n) is 2.47. The summed E-state index contributed by atoms with van der Waals surface area (Å²) in [6, 6.07) is 0. The molecule has 4 heteroatoms. The molecule has 0 fully saturated rings. The van der Waals surface area contributed by atoms with E-state index in [1.54, 1.807) is 0 Å². The van der Waals surface area contributed by atoms with Crippen molar-refractivity contribution in [2.24, 2.45) is 5.41 Å². The number of unbranched alkanes of at least 4 members (excludes halogenated alkanes) is 1. The first-order valence-electron chi connectivity index (χ1n) is 6.89. The maximum atomic E-state index is 10.5. The molecule has 0 saturated carbocycles. The van der Waals surface area contributed by atoms with Gasteiger partial charge < -0.3 is 10.2 Å². The van der Waals surface area contributed by atoms with Crippen LogP contribution in [0.5, 0.6) is 0 Å². The van der Waals surface area contributed by atoms with Gasteiger partial charge in [0, 0.05) is 12.8 Å². The van der Waals surface area contributed by atoms with E-state index in [-0.39, 0.29) is 18.3 Å². The molecule has 0 aromatic heterocycles. The average molecular weight is 258 g/mol. The van der Waals surface area contributed by atoms with E-state index in [4.69, 9.17) is 10.2 Å². The molecule has 0 amide bonds. The van der Waals surface area contributed by atoms with E-state index in [1.165, 1.54) is 0 Å². The predicted octanol–water partition coefficient (Wildman–Crippen LogP) is 3.69. The molecule has 0 aliphatic heterocycles. The fraction of sp³-hybridized carbons (Fsp3) is 0.857. The lowest BCUT2D eigenvalue weighted by Crippen LogP contribution is -2.19. The first-order valence-corrected chi connectivity index (χ1v) is 6.89. The summed E-state index contributed by atoms with van der Waals surface area (Å²) >= 11 is 0. The summed E-state index contributed by atoms with van der Waals surface area (Å²) in [5.41, 5.74) is 0.202. The molecule has 0 unspecified atom stereocenters. The molecule has 0 aromatic carbocycles. The van der Waals surface area contributed by atoms with Gasteiger partial charge in [0.2, 0.25) is 0 Å². The molecule has 106 valence electrons. The lowest BCUT2D eigenvalue weighted by molar-refractivity contribution is -0.138.